The van der Waals surface area contributed by atoms with Crippen LogP contribution in [0.4, 0.5) is 5.69 Å². The molecule has 0 fully saturated rings. The highest BCUT2D eigenvalue weighted by Crippen LogP contribution is 2.36. The Morgan fingerprint density at radius 3 is 2.11 bits per heavy atom. The second-order valence-corrected chi connectivity index (χ2v) is 8.28. The van der Waals surface area contributed by atoms with Crippen molar-refractivity contribution in [3.8, 4) is 11.1 Å². The second kappa shape index (κ2) is 9.74. The predicted octanol–water partition coefficient (Wildman–Crippen LogP) is 7.17. The van der Waals surface area contributed by atoms with Crippen LogP contribution in [0, 0.1) is 6.92 Å². The van der Waals surface area contributed by atoms with E-state index in [1.54, 1.807) is 0 Å². The number of ether oxygens (including phenoxy) is 1. The summed E-state index contributed by atoms with van der Waals surface area (Å²) < 4.78 is 4.91. The van der Waals surface area contributed by atoms with Gasteiger partial charge in [-0.25, -0.2) is 9.79 Å². The fraction of sp³-hybridized carbons (Fsp3) is 0.0645. The van der Waals surface area contributed by atoms with Gasteiger partial charge in [0.05, 0.1) is 30.3 Å². The minimum absolute atomic E-state index is 0.336. The minimum Gasteiger partial charge on any atom is -0.465 e. The van der Waals surface area contributed by atoms with Crippen LogP contribution >= 0.6 is 0 Å². The first kappa shape index (κ1) is 22.2. The third kappa shape index (κ3) is 4.46. The van der Waals surface area contributed by atoms with Gasteiger partial charge in [-0.05, 0) is 29.7 Å². The van der Waals surface area contributed by atoms with E-state index >= 15 is 0 Å². The van der Waals surface area contributed by atoms with E-state index in [0.29, 0.717) is 5.56 Å². The maximum absolute atomic E-state index is 12.1. The summed E-state index contributed by atoms with van der Waals surface area (Å²) in [5.74, 6) is -0.336. The Kier molecular flexibility index (Phi) is 6.18. The van der Waals surface area contributed by atoms with E-state index in [4.69, 9.17) is 9.73 Å². The standard InChI is InChI=1S/C31H24N2O2/c1-21-18-24(16-17-26(21)31(34)35-2)27-15-9-14-25-19-32-20-28(29(25)27)33-30(22-10-5-3-6-11-22)23-12-7-4-8-13-23/h3-20H,1-2H3. The largest absolute Gasteiger partial charge is 0.465 e. The zero-order valence-corrected chi connectivity index (χ0v) is 19.6. The molecule has 5 rings (SSSR count). The molecule has 4 aromatic carbocycles. The lowest BCUT2D eigenvalue weighted by Crippen LogP contribution is -2.03. The van der Waals surface area contributed by atoms with Gasteiger partial charge in [-0.3, -0.25) is 4.98 Å². The van der Waals surface area contributed by atoms with Crippen molar-refractivity contribution >= 4 is 28.1 Å². The lowest BCUT2D eigenvalue weighted by Gasteiger charge is -2.13. The summed E-state index contributed by atoms with van der Waals surface area (Å²) in [6, 6.07) is 32.3. The first-order chi connectivity index (χ1) is 17.2. The molecule has 0 aliphatic heterocycles. The van der Waals surface area contributed by atoms with E-state index in [2.05, 4.69) is 35.3 Å². The van der Waals surface area contributed by atoms with Crippen molar-refractivity contribution in [1.82, 2.24) is 4.98 Å². The molecule has 1 heterocycles. The van der Waals surface area contributed by atoms with Crippen LogP contribution in [0.1, 0.15) is 27.0 Å². The molecule has 0 unspecified atom stereocenters. The molecule has 1 aromatic heterocycles. The normalized spacial score (nSPS) is 10.7. The fourth-order valence-corrected chi connectivity index (χ4v) is 4.32. The van der Waals surface area contributed by atoms with Crippen molar-refractivity contribution in [1.29, 1.82) is 0 Å². The van der Waals surface area contributed by atoms with Crippen molar-refractivity contribution in [2.24, 2.45) is 4.99 Å². The molecule has 0 atom stereocenters. The highest BCUT2D eigenvalue weighted by Gasteiger charge is 2.14. The molecule has 4 nitrogen and oxygen atoms in total. The average molecular weight is 457 g/mol. The van der Waals surface area contributed by atoms with Gasteiger partial charge in [-0.2, -0.15) is 0 Å². The number of hydrogen-bond donors (Lipinski definition) is 0. The van der Waals surface area contributed by atoms with E-state index in [1.165, 1.54) is 7.11 Å². The van der Waals surface area contributed by atoms with Crippen LogP contribution in [-0.2, 0) is 4.74 Å². The summed E-state index contributed by atoms with van der Waals surface area (Å²) in [4.78, 5) is 21.8. The number of fused-ring (bicyclic) bond motifs is 1. The first-order valence-corrected chi connectivity index (χ1v) is 11.4. The third-order valence-electron chi connectivity index (χ3n) is 6.03. The molecule has 4 heteroatoms. The molecular formula is C31H24N2O2. The number of esters is 1. The van der Waals surface area contributed by atoms with Crippen LogP contribution in [0.2, 0.25) is 0 Å². The lowest BCUT2D eigenvalue weighted by molar-refractivity contribution is 0.0600. The Morgan fingerprint density at radius 1 is 0.800 bits per heavy atom. The maximum atomic E-state index is 12.1. The Balaban J connectivity index is 1.73. The first-order valence-electron chi connectivity index (χ1n) is 11.4. The van der Waals surface area contributed by atoms with Crippen LogP contribution in [-0.4, -0.2) is 23.8 Å². The van der Waals surface area contributed by atoms with Crippen LogP contribution in [0.25, 0.3) is 21.9 Å². The molecule has 0 saturated carbocycles. The number of rotatable bonds is 5. The van der Waals surface area contributed by atoms with Crippen LogP contribution in [0.5, 0.6) is 0 Å². The zero-order chi connectivity index (χ0) is 24.2. The number of pyridine rings is 1. The van der Waals surface area contributed by atoms with Crippen LogP contribution < -0.4 is 0 Å². The predicted molar refractivity (Wildman–Crippen MR) is 141 cm³/mol. The molecule has 0 radical (unpaired) electrons. The molecule has 170 valence electrons. The van der Waals surface area contributed by atoms with Gasteiger partial charge in [-0.15, -0.1) is 0 Å². The van der Waals surface area contributed by atoms with E-state index in [1.807, 2.05) is 86.0 Å². The summed E-state index contributed by atoms with van der Waals surface area (Å²) in [6.45, 7) is 1.92. The van der Waals surface area contributed by atoms with Crippen LogP contribution in [0.15, 0.2) is 114 Å². The molecule has 0 aliphatic carbocycles. The number of carbonyl (C=O) groups is 1. The lowest BCUT2D eigenvalue weighted by atomic mass is 9.95. The van der Waals surface area contributed by atoms with Crippen molar-refractivity contribution < 1.29 is 9.53 Å². The molecule has 0 bridgehead atoms. The Labute approximate surface area is 204 Å². The summed E-state index contributed by atoms with van der Waals surface area (Å²) in [6.07, 6.45) is 3.67. The van der Waals surface area contributed by atoms with Crippen LogP contribution in [0.3, 0.4) is 0 Å². The van der Waals surface area contributed by atoms with E-state index in [0.717, 1.165) is 50.0 Å². The van der Waals surface area contributed by atoms with Crippen molar-refractivity contribution in [2.75, 3.05) is 7.11 Å². The molecule has 0 N–H and O–H groups in total. The number of aromatic nitrogens is 1. The van der Waals surface area contributed by atoms with E-state index < -0.39 is 0 Å². The van der Waals surface area contributed by atoms with Crippen molar-refractivity contribution in [3.05, 3.63) is 132 Å². The molecular weight excluding hydrogens is 432 g/mol. The average Bonchev–Trinajstić information content (AvgIpc) is 2.92. The van der Waals surface area contributed by atoms with E-state index in [9.17, 15) is 4.79 Å². The fourth-order valence-electron chi connectivity index (χ4n) is 4.32. The zero-order valence-electron chi connectivity index (χ0n) is 19.6. The number of carbonyl (C=O) groups excluding carboxylic acids is 1. The monoisotopic (exact) mass is 456 g/mol. The van der Waals surface area contributed by atoms with Gasteiger partial charge >= 0.3 is 5.97 Å². The summed E-state index contributed by atoms with van der Waals surface area (Å²) >= 11 is 0. The highest BCUT2D eigenvalue weighted by atomic mass is 16.5. The molecule has 35 heavy (non-hydrogen) atoms. The molecule has 0 amide bonds. The number of benzene rings is 4. The van der Waals surface area contributed by atoms with Gasteiger partial charge in [0.15, 0.2) is 0 Å². The minimum atomic E-state index is -0.336. The Bertz CT molecular complexity index is 1490. The summed E-state index contributed by atoms with van der Waals surface area (Å²) in [5.41, 5.74) is 7.19. The van der Waals surface area contributed by atoms with E-state index in [-0.39, 0.29) is 5.97 Å². The smallest absolute Gasteiger partial charge is 0.338 e. The molecule has 0 saturated heterocycles. The third-order valence-corrected chi connectivity index (χ3v) is 6.03. The van der Waals surface area contributed by atoms with Gasteiger partial charge in [0.1, 0.15) is 0 Å². The van der Waals surface area contributed by atoms with Gasteiger partial charge in [0, 0.05) is 28.1 Å². The van der Waals surface area contributed by atoms with Gasteiger partial charge in [-0.1, -0.05) is 91.0 Å². The van der Waals surface area contributed by atoms with Gasteiger partial charge in [0.25, 0.3) is 0 Å². The van der Waals surface area contributed by atoms with Gasteiger partial charge in [0.2, 0.25) is 0 Å². The summed E-state index contributed by atoms with van der Waals surface area (Å²) in [7, 11) is 1.40. The SMILES string of the molecule is COC(=O)c1ccc(-c2cccc3cncc(N=C(c4ccccc4)c4ccccc4)c23)cc1C. The quantitative estimate of drug-likeness (QED) is 0.208. The van der Waals surface area contributed by atoms with Crippen molar-refractivity contribution in [2.45, 2.75) is 6.92 Å². The number of aryl methyl sites for hydroxylation is 1. The molecule has 5 aromatic rings. The number of nitrogens with zero attached hydrogens (tertiary/aromatic N) is 2. The highest BCUT2D eigenvalue weighted by molar-refractivity contribution is 6.15. The number of hydrogen-bond acceptors (Lipinski definition) is 4. The van der Waals surface area contributed by atoms with Crippen molar-refractivity contribution in [3.63, 3.8) is 0 Å². The second-order valence-electron chi connectivity index (χ2n) is 8.28. The molecule has 0 aliphatic rings. The van der Waals surface area contributed by atoms with Gasteiger partial charge < -0.3 is 4.74 Å². The maximum Gasteiger partial charge on any atom is 0.338 e. The Morgan fingerprint density at radius 2 is 1.49 bits per heavy atom. The molecule has 0 spiro atoms. The number of aliphatic imine (C=N–C) groups is 1. The Hall–Kier alpha value is -4.57. The number of methoxy groups -OCH3 is 1. The summed E-state index contributed by atoms with van der Waals surface area (Å²) in [5, 5.41) is 2.01. The topological polar surface area (TPSA) is 51.5 Å².